The van der Waals surface area contributed by atoms with Gasteiger partial charge in [0.2, 0.25) is 0 Å². The topological polar surface area (TPSA) is 87.0 Å². The fourth-order valence-corrected chi connectivity index (χ4v) is 18.7. The van der Waals surface area contributed by atoms with Gasteiger partial charge in [0.25, 0.3) is 6.47 Å². The Morgan fingerprint density at radius 1 is 0.600 bits per heavy atom. The van der Waals surface area contributed by atoms with Crippen LogP contribution in [-0.2, 0) is 9.53 Å². The molecule has 5 heteroatoms. The van der Waals surface area contributed by atoms with E-state index in [4.69, 9.17) is 4.74 Å². The normalized spacial score (nSPS) is 43.7. The minimum absolute atomic E-state index is 0.00888. The fourth-order valence-electron chi connectivity index (χ4n) is 18.7. The van der Waals surface area contributed by atoms with Gasteiger partial charge < -0.3 is 20.1 Å². The molecule has 0 aliphatic heterocycles. The third-order valence-corrected chi connectivity index (χ3v) is 23.3. The van der Waals surface area contributed by atoms with Crippen molar-refractivity contribution >= 4 is 6.47 Å². The van der Waals surface area contributed by atoms with Crippen LogP contribution in [0.25, 0.3) is 0 Å². The fraction of sp³-hybridized carbons (Fsp3) is 0.850. The van der Waals surface area contributed by atoms with E-state index in [0.717, 1.165) is 51.4 Å². The van der Waals surface area contributed by atoms with Gasteiger partial charge in [0.05, 0.1) is 18.3 Å². The van der Waals surface area contributed by atoms with Gasteiger partial charge in [0.15, 0.2) is 0 Å². The molecule has 0 aromatic rings. The summed E-state index contributed by atoms with van der Waals surface area (Å²) in [6.45, 7) is 36.1. The molecule has 4 fully saturated rings. The molecule has 0 saturated heterocycles. The molecule has 0 heterocycles. The largest absolute Gasteiger partial charge is 0.464 e. The molecule has 0 amide bonds. The van der Waals surface area contributed by atoms with Crippen LogP contribution in [0.3, 0.4) is 0 Å². The maximum absolute atomic E-state index is 11.5. The van der Waals surface area contributed by atoms with E-state index in [-0.39, 0.29) is 67.7 Å². The van der Waals surface area contributed by atoms with Gasteiger partial charge >= 0.3 is 0 Å². The zero-order valence-corrected chi connectivity index (χ0v) is 44.5. The molecule has 0 bridgehead atoms. The predicted molar refractivity (Wildman–Crippen MR) is 269 cm³/mol. The molecule has 65 heavy (non-hydrogen) atoms. The van der Waals surface area contributed by atoms with Crippen LogP contribution in [0.4, 0.5) is 0 Å². The van der Waals surface area contributed by atoms with Gasteiger partial charge in [-0.15, -0.1) is 0 Å². The Kier molecular flexibility index (Phi) is 14.1. The van der Waals surface area contributed by atoms with Crippen molar-refractivity contribution in [1.82, 2.24) is 0 Å². The average Bonchev–Trinajstić information content (AvgIpc) is 3.68. The number of aliphatic hydroxyl groups is 3. The van der Waals surface area contributed by atoms with Crippen molar-refractivity contribution in [2.75, 3.05) is 0 Å². The van der Waals surface area contributed by atoms with E-state index in [0.29, 0.717) is 36.1 Å². The van der Waals surface area contributed by atoms with E-state index in [1.54, 1.807) is 22.3 Å². The number of ether oxygens (including phenoxy) is 1. The highest BCUT2D eigenvalue weighted by Gasteiger charge is 2.66. The second kappa shape index (κ2) is 17.9. The van der Waals surface area contributed by atoms with Crippen molar-refractivity contribution in [3.05, 3.63) is 45.6 Å². The Morgan fingerprint density at radius 3 is 1.49 bits per heavy atom. The lowest BCUT2D eigenvalue weighted by atomic mass is 9.43. The van der Waals surface area contributed by atoms with E-state index in [1.165, 1.54) is 81.8 Å². The maximum atomic E-state index is 11.5. The van der Waals surface area contributed by atoms with E-state index >= 15 is 0 Å². The van der Waals surface area contributed by atoms with Gasteiger partial charge in [-0.05, 0) is 217 Å². The summed E-state index contributed by atoms with van der Waals surface area (Å²) < 4.78 is 5.79. The summed E-state index contributed by atoms with van der Waals surface area (Å²) in [7, 11) is 0. The van der Waals surface area contributed by atoms with Crippen LogP contribution in [0.15, 0.2) is 45.6 Å². The molecule has 4 saturated carbocycles. The summed E-state index contributed by atoms with van der Waals surface area (Å²) >= 11 is 0. The summed E-state index contributed by atoms with van der Waals surface area (Å²) in [5.74, 6) is 2.52. The zero-order valence-electron chi connectivity index (χ0n) is 44.5. The van der Waals surface area contributed by atoms with Gasteiger partial charge in [-0.2, -0.15) is 0 Å². The lowest BCUT2D eigenvalue weighted by Gasteiger charge is -2.62. The number of rotatable bonds is 10. The van der Waals surface area contributed by atoms with Crippen LogP contribution in [0.1, 0.15) is 226 Å². The summed E-state index contributed by atoms with van der Waals surface area (Å²) in [6.07, 6.45) is 25.4. The predicted octanol–water partition coefficient (Wildman–Crippen LogP) is 14.8. The number of hydrogen-bond donors (Lipinski definition) is 3. The molecule has 0 aromatic carbocycles. The molecule has 0 aromatic heterocycles. The second-order valence-electron chi connectivity index (χ2n) is 27.0. The van der Waals surface area contributed by atoms with Crippen molar-refractivity contribution < 1.29 is 24.9 Å². The average molecular weight is 899 g/mol. The van der Waals surface area contributed by atoms with Crippen LogP contribution in [0.2, 0.25) is 0 Å². The molecule has 2 unspecified atom stereocenters. The third-order valence-electron chi connectivity index (χ3n) is 23.3. The highest BCUT2D eigenvalue weighted by atomic mass is 16.5. The molecule has 0 radical (unpaired) electrons. The molecule has 8 rings (SSSR count). The van der Waals surface area contributed by atoms with Gasteiger partial charge in [0.1, 0.15) is 6.10 Å². The standard InChI is InChI=1S/C30H48O3.C30H50O2/c1-20(2)9-8-10-24(33-19-31)23-14-18-29(6)22-11-12-25-27(3,4)26(32)15-16-28(25,5)21(22)13-17-30(23,29)7;1-19(2)9-11-24(31)20(3)21-13-17-30(8)23-10-12-25-27(4,5)26(32)15-16-28(25,6)22(23)14-18-29(21,30)7/h9,19,23-26,32H,8,10-18H2,1-7H3;9,20-21,24-26,31-32H,10-18H2,1-8H3/t23-,24-,25?,26+,28-,29+,30-;20-,21+,24+,25?,26-,28+,29+,30-/m10/s1. The van der Waals surface area contributed by atoms with Crippen LogP contribution >= 0.6 is 0 Å². The Balaban J connectivity index is 0.000000194. The number of hydrogen-bond acceptors (Lipinski definition) is 5. The van der Waals surface area contributed by atoms with Crippen molar-refractivity contribution in [3.8, 4) is 0 Å². The van der Waals surface area contributed by atoms with Gasteiger partial charge in [-0.3, -0.25) is 4.79 Å². The van der Waals surface area contributed by atoms with Crippen LogP contribution in [-0.4, -0.2) is 46.2 Å². The van der Waals surface area contributed by atoms with Crippen molar-refractivity contribution in [2.24, 2.45) is 72.9 Å². The van der Waals surface area contributed by atoms with E-state index in [9.17, 15) is 20.1 Å². The molecular weight excluding hydrogens is 801 g/mol. The molecule has 368 valence electrons. The summed E-state index contributed by atoms with van der Waals surface area (Å²) in [5.41, 5.74) is 11.1. The molecular formula is C60H98O5. The Bertz CT molecular complexity index is 1910. The first-order valence-electron chi connectivity index (χ1n) is 27.1. The summed E-state index contributed by atoms with van der Waals surface area (Å²) in [4.78, 5) is 11.5. The number of aliphatic hydroxyl groups excluding tert-OH is 3. The van der Waals surface area contributed by atoms with Crippen molar-refractivity contribution in [1.29, 1.82) is 0 Å². The van der Waals surface area contributed by atoms with E-state index < -0.39 is 0 Å². The Hall–Kier alpha value is -1.69. The third kappa shape index (κ3) is 8.00. The van der Waals surface area contributed by atoms with E-state index in [2.05, 4.69) is 116 Å². The lowest BCUT2D eigenvalue weighted by molar-refractivity contribution is -0.140. The maximum Gasteiger partial charge on any atom is 0.293 e. The molecule has 3 N–H and O–H groups in total. The Labute approximate surface area is 398 Å². The number of fused-ring (bicyclic) bond motifs is 8. The first kappa shape index (κ1) is 51.2. The first-order valence-corrected chi connectivity index (χ1v) is 27.1. The van der Waals surface area contributed by atoms with Gasteiger partial charge in [0, 0.05) is 5.92 Å². The van der Waals surface area contributed by atoms with Crippen LogP contribution in [0, 0.1) is 72.9 Å². The molecule has 8 aliphatic carbocycles. The summed E-state index contributed by atoms with van der Waals surface area (Å²) in [6, 6.07) is 0. The number of carbonyl (C=O) groups excluding carboxylic acids is 1. The molecule has 5 nitrogen and oxygen atoms in total. The van der Waals surface area contributed by atoms with Crippen LogP contribution < -0.4 is 0 Å². The highest BCUT2D eigenvalue weighted by Crippen LogP contribution is 2.74. The molecule has 8 aliphatic rings. The molecule has 15 atom stereocenters. The monoisotopic (exact) mass is 899 g/mol. The minimum atomic E-state index is -0.238. The van der Waals surface area contributed by atoms with Gasteiger partial charge in [-0.25, -0.2) is 0 Å². The summed E-state index contributed by atoms with van der Waals surface area (Å²) in [5, 5.41) is 32.7. The van der Waals surface area contributed by atoms with Gasteiger partial charge in [-0.1, -0.05) is 122 Å². The smallest absolute Gasteiger partial charge is 0.293 e. The number of allylic oxidation sites excluding steroid dienone is 7. The van der Waals surface area contributed by atoms with E-state index in [1.807, 2.05) is 0 Å². The highest BCUT2D eigenvalue weighted by molar-refractivity contribution is 5.41. The Morgan fingerprint density at radius 2 is 1.05 bits per heavy atom. The second-order valence-corrected chi connectivity index (χ2v) is 27.0. The zero-order chi connectivity index (χ0) is 47.9. The molecule has 0 spiro atoms. The van der Waals surface area contributed by atoms with Crippen LogP contribution in [0.5, 0.6) is 0 Å². The van der Waals surface area contributed by atoms with Crippen molar-refractivity contribution in [2.45, 2.75) is 250 Å². The number of carbonyl (C=O) groups is 1. The first-order chi connectivity index (χ1) is 30.2. The lowest BCUT2D eigenvalue weighted by Crippen LogP contribution is -2.55. The van der Waals surface area contributed by atoms with Crippen molar-refractivity contribution in [3.63, 3.8) is 0 Å². The SMILES string of the molecule is CC(C)=CCC[C@@H](OC=O)[C@H]1CC[C@@]2(C)C3=C(CC[C@]12C)[C@@]1(C)CC[C@H](O)C(C)(C)C1CC3.CC(C)=CC[C@@H](O)[C@@H](C)[C@H]1CC[C@@]2(C)C3=C(CC[C@]12C)[C@@]1(C)CC[C@H](O)C(C)(C)C1CC3. The minimum Gasteiger partial charge on any atom is -0.464 e. The quantitative estimate of drug-likeness (QED) is 0.150.